The Morgan fingerprint density at radius 2 is 1.29 bits per heavy atom. The number of rotatable bonds is 2. The molecule has 0 aliphatic heterocycles. The van der Waals surface area contributed by atoms with E-state index in [1.54, 1.807) is 0 Å². The van der Waals surface area contributed by atoms with Crippen LogP contribution in [0.15, 0.2) is 108 Å². The summed E-state index contributed by atoms with van der Waals surface area (Å²) in [6, 6.07) is 35.8. The molecule has 0 N–H and O–H groups in total. The fourth-order valence-corrected chi connectivity index (χ4v) is 5.80. The van der Waals surface area contributed by atoms with Crippen molar-refractivity contribution in [1.29, 1.82) is 0 Å². The van der Waals surface area contributed by atoms with Crippen molar-refractivity contribution in [1.82, 2.24) is 14.5 Å². The normalized spacial score (nSPS) is 11.9. The summed E-state index contributed by atoms with van der Waals surface area (Å²) in [5.74, 6) is 0.662. The zero-order chi connectivity index (χ0) is 25.4. The molecule has 0 aliphatic carbocycles. The minimum Gasteiger partial charge on any atom is -0.456 e. The highest BCUT2D eigenvalue weighted by atomic mass is 16.3. The van der Waals surface area contributed by atoms with Gasteiger partial charge >= 0.3 is 0 Å². The standard InChI is InChI=1S/C34H23N3O/c1-20-12-14-27-24(18-20)31-28(15-17-30-32(31)25-19-21(2)13-16-29(25)38-30)37(27)34-35-26-11-7-6-10-23(26)33(36-34)22-8-4-3-5-9-22/h3-19H,1-2H3. The monoisotopic (exact) mass is 489 g/mol. The summed E-state index contributed by atoms with van der Waals surface area (Å²) in [6.07, 6.45) is 0. The van der Waals surface area contributed by atoms with Gasteiger partial charge in [-0.3, -0.25) is 4.57 Å². The lowest BCUT2D eigenvalue weighted by Crippen LogP contribution is -2.03. The van der Waals surface area contributed by atoms with Gasteiger partial charge in [0, 0.05) is 32.5 Å². The van der Waals surface area contributed by atoms with E-state index in [0.29, 0.717) is 5.95 Å². The molecule has 0 radical (unpaired) electrons. The summed E-state index contributed by atoms with van der Waals surface area (Å²) >= 11 is 0. The number of para-hydroxylation sites is 1. The summed E-state index contributed by atoms with van der Waals surface area (Å²) in [5.41, 5.74) is 9.28. The Morgan fingerprint density at radius 1 is 0.579 bits per heavy atom. The molecule has 0 unspecified atom stereocenters. The quantitative estimate of drug-likeness (QED) is 0.243. The fraction of sp³-hybridized carbons (Fsp3) is 0.0588. The van der Waals surface area contributed by atoms with Crippen LogP contribution in [-0.2, 0) is 0 Å². The van der Waals surface area contributed by atoms with Gasteiger partial charge in [-0.05, 0) is 56.3 Å². The highest BCUT2D eigenvalue weighted by molar-refractivity contribution is 6.27. The van der Waals surface area contributed by atoms with Crippen LogP contribution < -0.4 is 0 Å². The number of hydrogen-bond acceptors (Lipinski definition) is 3. The Bertz CT molecular complexity index is 2200. The van der Waals surface area contributed by atoms with Crippen LogP contribution in [0.4, 0.5) is 0 Å². The first-order valence-corrected chi connectivity index (χ1v) is 12.8. The number of fused-ring (bicyclic) bond motifs is 8. The van der Waals surface area contributed by atoms with Crippen LogP contribution in [0.2, 0.25) is 0 Å². The van der Waals surface area contributed by atoms with Crippen LogP contribution in [0.25, 0.3) is 71.9 Å². The van der Waals surface area contributed by atoms with Crippen LogP contribution in [0.3, 0.4) is 0 Å². The molecule has 8 aromatic rings. The Morgan fingerprint density at radius 3 is 2.16 bits per heavy atom. The summed E-state index contributed by atoms with van der Waals surface area (Å²) < 4.78 is 8.51. The molecule has 0 fully saturated rings. The second-order valence-electron chi connectivity index (χ2n) is 10.0. The zero-order valence-corrected chi connectivity index (χ0v) is 21.1. The van der Waals surface area contributed by atoms with Gasteiger partial charge in [0.25, 0.3) is 0 Å². The molecule has 0 bridgehead atoms. The zero-order valence-electron chi connectivity index (χ0n) is 21.1. The molecule has 180 valence electrons. The maximum Gasteiger partial charge on any atom is 0.235 e. The smallest absolute Gasteiger partial charge is 0.235 e. The lowest BCUT2D eigenvalue weighted by Gasteiger charge is -2.11. The molecule has 5 aromatic carbocycles. The second kappa shape index (κ2) is 7.77. The first-order chi connectivity index (χ1) is 18.7. The number of aryl methyl sites for hydroxylation is 2. The van der Waals surface area contributed by atoms with Crippen molar-refractivity contribution >= 4 is 54.6 Å². The third-order valence-corrected chi connectivity index (χ3v) is 7.51. The molecular weight excluding hydrogens is 466 g/mol. The molecule has 3 aromatic heterocycles. The predicted molar refractivity (Wildman–Crippen MR) is 156 cm³/mol. The molecular formula is C34H23N3O. The lowest BCUT2D eigenvalue weighted by atomic mass is 10.0. The summed E-state index contributed by atoms with van der Waals surface area (Å²) in [7, 11) is 0. The molecule has 4 nitrogen and oxygen atoms in total. The molecule has 3 heterocycles. The van der Waals surface area contributed by atoms with Crippen LogP contribution in [-0.4, -0.2) is 14.5 Å². The Hall–Kier alpha value is -4.96. The first-order valence-electron chi connectivity index (χ1n) is 12.8. The van der Waals surface area contributed by atoms with E-state index in [2.05, 4.69) is 103 Å². The van der Waals surface area contributed by atoms with Crippen LogP contribution in [0.5, 0.6) is 0 Å². The van der Waals surface area contributed by atoms with Crippen LogP contribution in [0.1, 0.15) is 11.1 Å². The summed E-state index contributed by atoms with van der Waals surface area (Å²) in [4.78, 5) is 10.3. The van der Waals surface area contributed by atoms with Crippen molar-refractivity contribution in [3.8, 4) is 17.2 Å². The largest absolute Gasteiger partial charge is 0.456 e. The van der Waals surface area contributed by atoms with Gasteiger partial charge in [0.1, 0.15) is 11.2 Å². The average Bonchev–Trinajstić information content (AvgIpc) is 3.47. The van der Waals surface area contributed by atoms with Crippen LogP contribution >= 0.6 is 0 Å². The minimum atomic E-state index is 0.662. The topological polar surface area (TPSA) is 43.9 Å². The van der Waals surface area contributed by atoms with Crippen molar-refractivity contribution in [2.75, 3.05) is 0 Å². The van der Waals surface area contributed by atoms with E-state index in [1.165, 1.54) is 21.9 Å². The molecule has 4 heteroatoms. The third kappa shape index (κ3) is 2.97. The van der Waals surface area contributed by atoms with E-state index in [0.717, 1.165) is 55.1 Å². The summed E-state index contributed by atoms with van der Waals surface area (Å²) in [5, 5.41) is 5.66. The average molecular weight is 490 g/mol. The number of hydrogen-bond donors (Lipinski definition) is 0. The number of furan rings is 1. The van der Waals surface area contributed by atoms with E-state index < -0.39 is 0 Å². The maximum atomic E-state index is 6.30. The Labute approximate surface area is 218 Å². The second-order valence-corrected chi connectivity index (χ2v) is 10.0. The molecule has 0 amide bonds. The highest BCUT2D eigenvalue weighted by Gasteiger charge is 2.21. The Kier molecular flexibility index (Phi) is 4.32. The minimum absolute atomic E-state index is 0.662. The molecule has 0 saturated heterocycles. The molecule has 0 aliphatic rings. The van der Waals surface area contributed by atoms with Gasteiger partial charge in [-0.15, -0.1) is 0 Å². The lowest BCUT2D eigenvalue weighted by molar-refractivity contribution is 0.669. The molecule has 0 saturated carbocycles. The van der Waals surface area contributed by atoms with E-state index in [9.17, 15) is 0 Å². The number of benzene rings is 5. The summed E-state index contributed by atoms with van der Waals surface area (Å²) in [6.45, 7) is 4.26. The van der Waals surface area contributed by atoms with Gasteiger partial charge in [-0.2, -0.15) is 0 Å². The third-order valence-electron chi connectivity index (χ3n) is 7.51. The fourth-order valence-electron chi connectivity index (χ4n) is 5.80. The number of aromatic nitrogens is 3. The van der Waals surface area contributed by atoms with Gasteiger partial charge in [0.15, 0.2) is 0 Å². The van der Waals surface area contributed by atoms with Gasteiger partial charge in [-0.1, -0.05) is 71.8 Å². The van der Waals surface area contributed by atoms with Crippen molar-refractivity contribution in [2.24, 2.45) is 0 Å². The van der Waals surface area contributed by atoms with Gasteiger partial charge in [0.2, 0.25) is 5.95 Å². The number of nitrogens with zero attached hydrogens (tertiary/aromatic N) is 3. The van der Waals surface area contributed by atoms with Crippen molar-refractivity contribution in [3.63, 3.8) is 0 Å². The first kappa shape index (κ1) is 21.2. The van der Waals surface area contributed by atoms with E-state index >= 15 is 0 Å². The van der Waals surface area contributed by atoms with Crippen molar-refractivity contribution < 1.29 is 4.42 Å². The van der Waals surface area contributed by atoms with E-state index in [-0.39, 0.29) is 0 Å². The maximum absolute atomic E-state index is 6.30. The van der Waals surface area contributed by atoms with E-state index in [1.807, 2.05) is 18.2 Å². The molecule has 0 atom stereocenters. The van der Waals surface area contributed by atoms with Gasteiger partial charge in [0.05, 0.1) is 22.2 Å². The van der Waals surface area contributed by atoms with Crippen LogP contribution in [0, 0.1) is 13.8 Å². The van der Waals surface area contributed by atoms with Gasteiger partial charge < -0.3 is 4.42 Å². The van der Waals surface area contributed by atoms with Crippen molar-refractivity contribution in [2.45, 2.75) is 13.8 Å². The van der Waals surface area contributed by atoms with E-state index in [4.69, 9.17) is 14.4 Å². The molecule has 0 spiro atoms. The van der Waals surface area contributed by atoms with Gasteiger partial charge in [-0.25, -0.2) is 9.97 Å². The Balaban J connectivity index is 1.55. The highest BCUT2D eigenvalue weighted by Crippen LogP contribution is 2.41. The SMILES string of the molecule is Cc1ccc2oc3ccc4c(c5cc(C)ccc5n4-c4nc(-c5ccccc5)c5ccccc5n4)c3c2c1. The van der Waals surface area contributed by atoms with Crippen molar-refractivity contribution in [3.05, 3.63) is 114 Å². The molecule has 38 heavy (non-hydrogen) atoms. The molecule has 8 rings (SSSR count). The predicted octanol–water partition coefficient (Wildman–Crippen LogP) is 8.91.